The highest BCUT2D eigenvalue weighted by molar-refractivity contribution is 4.98. The van der Waals surface area contributed by atoms with Gasteiger partial charge in [0.25, 0.3) is 0 Å². The van der Waals surface area contributed by atoms with Crippen molar-refractivity contribution < 1.29 is 0 Å². The van der Waals surface area contributed by atoms with E-state index in [-0.39, 0.29) is 0 Å². The minimum atomic E-state index is 0.739. The Morgan fingerprint density at radius 2 is 1.50 bits per heavy atom. The Morgan fingerprint density at radius 1 is 0.909 bits per heavy atom. The Kier molecular flexibility index (Phi) is 5.19. The molecular formula is C20H38N2. The minimum absolute atomic E-state index is 0.739. The molecule has 0 atom stereocenters. The van der Waals surface area contributed by atoms with Gasteiger partial charge in [0, 0.05) is 12.6 Å². The van der Waals surface area contributed by atoms with E-state index in [0.29, 0.717) is 0 Å². The Balaban J connectivity index is 1.37. The zero-order valence-corrected chi connectivity index (χ0v) is 15.5. The van der Waals surface area contributed by atoms with Gasteiger partial charge in [0.2, 0.25) is 0 Å². The van der Waals surface area contributed by atoms with E-state index >= 15 is 0 Å². The summed E-state index contributed by atoms with van der Waals surface area (Å²) in [5, 5.41) is 0. The fraction of sp³-hybridized carbons (Fsp3) is 1.00. The highest BCUT2D eigenvalue weighted by atomic mass is 15.2. The van der Waals surface area contributed by atoms with Gasteiger partial charge in [-0.3, -0.25) is 0 Å². The second-order valence-corrected chi connectivity index (χ2v) is 9.29. The van der Waals surface area contributed by atoms with Crippen molar-refractivity contribution in [2.45, 2.75) is 72.3 Å². The largest absolute Gasteiger partial charge is 0.303 e. The summed E-state index contributed by atoms with van der Waals surface area (Å²) in [7, 11) is 0. The van der Waals surface area contributed by atoms with Crippen LogP contribution in [0.4, 0.5) is 0 Å². The number of piperidine rings is 2. The molecule has 128 valence electrons. The van der Waals surface area contributed by atoms with E-state index in [4.69, 9.17) is 0 Å². The van der Waals surface area contributed by atoms with Crippen molar-refractivity contribution >= 4 is 0 Å². The Bertz CT molecular complexity index is 339. The van der Waals surface area contributed by atoms with E-state index in [1.54, 1.807) is 0 Å². The van der Waals surface area contributed by atoms with Crippen molar-refractivity contribution in [2.75, 3.05) is 32.7 Å². The average Bonchev–Trinajstić information content (AvgIpc) is 2.46. The third-order valence-electron chi connectivity index (χ3n) is 7.15. The maximum absolute atomic E-state index is 2.80. The van der Waals surface area contributed by atoms with Gasteiger partial charge in [0.1, 0.15) is 0 Å². The van der Waals surface area contributed by atoms with Gasteiger partial charge in [0.05, 0.1) is 0 Å². The third kappa shape index (κ3) is 3.70. The molecule has 3 rings (SSSR count). The van der Waals surface area contributed by atoms with Crippen molar-refractivity contribution in [3.63, 3.8) is 0 Å². The molecule has 2 nitrogen and oxygen atoms in total. The normalized spacial score (nSPS) is 28.6. The molecule has 3 fully saturated rings. The van der Waals surface area contributed by atoms with Crippen LogP contribution in [0, 0.1) is 23.2 Å². The van der Waals surface area contributed by atoms with Crippen LogP contribution in [0.1, 0.15) is 66.2 Å². The maximum atomic E-state index is 2.80. The molecule has 1 spiro atoms. The fourth-order valence-corrected chi connectivity index (χ4v) is 5.16. The lowest BCUT2D eigenvalue weighted by atomic mass is 9.55. The van der Waals surface area contributed by atoms with Crippen molar-refractivity contribution in [3.05, 3.63) is 0 Å². The van der Waals surface area contributed by atoms with Gasteiger partial charge in [-0.2, -0.15) is 0 Å². The van der Waals surface area contributed by atoms with Crippen molar-refractivity contribution in [2.24, 2.45) is 23.2 Å². The molecule has 0 aromatic rings. The van der Waals surface area contributed by atoms with Crippen LogP contribution < -0.4 is 0 Å². The molecule has 2 heteroatoms. The van der Waals surface area contributed by atoms with Gasteiger partial charge in [-0.25, -0.2) is 0 Å². The lowest BCUT2D eigenvalue weighted by molar-refractivity contribution is -0.0352. The first-order chi connectivity index (χ1) is 10.5. The zero-order valence-electron chi connectivity index (χ0n) is 15.5. The fourth-order valence-electron chi connectivity index (χ4n) is 5.16. The predicted molar refractivity (Wildman–Crippen MR) is 95.1 cm³/mol. The molecule has 0 amide bonds. The van der Waals surface area contributed by atoms with Crippen molar-refractivity contribution in [3.8, 4) is 0 Å². The third-order valence-corrected chi connectivity index (χ3v) is 7.15. The molecule has 0 N–H and O–H groups in total. The highest BCUT2D eigenvalue weighted by Gasteiger charge is 2.46. The molecule has 0 aromatic carbocycles. The van der Waals surface area contributed by atoms with Crippen LogP contribution in [0.25, 0.3) is 0 Å². The smallest absolute Gasteiger partial charge is 0.00385 e. The van der Waals surface area contributed by atoms with E-state index in [9.17, 15) is 0 Å². The monoisotopic (exact) mass is 306 g/mol. The Labute approximate surface area is 138 Å². The van der Waals surface area contributed by atoms with Crippen molar-refractivity contribution in [1.29, 1.82) is 0 Å². The summed E-state index contributed by atoms with van der Waals surface area (Å²) in [5.41, 5.74) is 0.770. The molecular weight excluding hydrogens is 268 g/mol. The molecule has 1 saturated carbocycles. The second-order valence-electron chi connectivity index (χ2n) is 9.29. The molecule has 0 aromatic heterocycles. The van der Waals surface area contributed by atoms with Gasteiger partial charge in [-0.1, -0.05) is 13.8 Å². The highest BCUT2D eigenvalue weighted by Crippen LogP contribution is 2.54. The first-order valence-corrected chi connectivity index (χ1v) is 9.94. The maximum Gasteiger partial charge on any atom is 0.00385 e. The first-order valence-electron chi connectivity index (χ1n) is 9.94. The minimum Gasteiger partial charge on any atom is -0.303 e. The van der Waals surface area contributed by atoms with Crippen LogP contribution in [-0.2, 0) is 0 Å². The van der Waals surface area contributed by atoms with Crippen LogP contribution in [0.3, 0.4) is 0 Å². The van der Waals surface area contributed by atoms with E-state index < -0.39 is 0 Å². The number of nitrogens with zero attached hydrogens (tertiary/aromatic N) is 2. The number of rotatable bonds is 4. The molecule has 0 unspecified atom stereocenters. The van der Waals surface area contributed by atoms with Crippen LogP contribution in [0.5, 0.6) is 0 Å². The molecule has 3 aliphatic rings. The average molecular weight is 307 g/mol. The summed E-state index contributed by atoms with van der Waals surface area (Å²) in [6.45, 7) is 16.3. The summed E-state index contributed by atoms with van der Waals surface area (Å²) >= 11 is 0. The standard InChI is InChI=1S/C20H38N2/c1-16(2)19-13-20(14-19)7-11-21(12-8-20)15-18-5-9-22(10-6-18)17(3)4/h16-19H,5-15H2,1-4H3. The van der Waals surface area contributed by atoms with E-state index in [1.807, 2.05) is 0 Å². The topological polar surface area (TPSA) is 6.48 Å². The first kappa shape index (κ1) is 16.8. The summed E-state index contributed by atoms with van der Waals surface area (Å²) in [5.74, 6) is 2.91. The van der Waals surface area contributed by atoms with E-state index in [0.717, 1.165) is 29.2 Å². The van der Waals surface area contributed by atoms with Crippen LogP contribution in [-0.4, -0.2) is 48.6 Å². The van der Waals surface area contributed by atoms with Crippen molar-refractivity contribution in [1.82, 2.24) is 9.80 Å². The number of likely N-dealkylation sites (tertiary alicyclic amines) is 2. The van der Waals surface area contributed by atoms with Gasteiger partial charge < -0.3 is 9.80 Å². The number of hydrogen-bond donors (Lipinski definition) is 0. The van der Waals surface area contributed by atoms with Crippen LogP contribution in [0.2, 0.25) is 0 Å². The SMILES string of the molecule is CC(C)C1CC2(CCN(CC3CCN(C(C)C)CC3)CC2)C1. The number of hydrogen-bond acceptors (Lipinski definition) is 2. The summed E-state index contributed by atoms with van der Waals surface area (Å²) < 4.78 is 0. The van der Waals surface area contributed by atoms with Gasteiger partial charge in [-0.15, -0.1) is 0 Å². The quantitative estimate of drug-likeness (QED) is 0.766. The molecule has 2 saturated heterocycles. The molecule has 2 heterocycles. The summed E-state index contributed by atoms with van der Waals surface area (Å²) in [6, 6.07) is 0.739. The van der Waals surface area contributed by atoms with Gasteiger partial charge in [-0.05, 0) is 102 Å². The zero-order chi connectivity index (χ0) is 15.7. The second kappa shape index (κ2) is 6.81. The molecule has 0 bridgehead atoms. The van der Waals surface area contributed by atoms with E-state index in [1.165, 1.54) is 71.2 Å². The molecule has 22 heavy (non-hydrogen) atoms. The lowest BCUT2D eigenvalue weighted by Crippen LogP contribution is -2.49. The molecule has 2 aliphatic heterocycles. The lowest BCUT2D eigenvalue weighted by Gasteiger charge is -2.54. The van der Waals surface area contributed by atoms with Crippen LogP contribution >= 0.6 is 0 Å². The molecule has 1 aliphatic carbocycles. The Hall–Kier alpha value is -0.0800. The summed E-state index contributed by atoms with van der Waals surface area (Å²) in [4.78, 5) is 5.45. The van der Waals surface area contributed by atoms with E-state index in [2.05, 4.69) is 37.5 Å². The molecule has 0 radical (unpaired) electrons. The van der Waals surface area contributed by atoms with Crippen LogP contribution in [0.15, 0.2) is 0 Å². The predicted octanol–water partition coefficient (Wildman–Crippen LogP) is 4.26. The summed E-state index contributed by atoms with van der Waals surface area (Å²) in [6.07, 6.45) is 8.89. The van der Waals surface area contributed by atoms with Gasteiger partial charge >= 0.3 is 0 Å². The van der Waals surface area contributed by atoms with Gasteiger partial charge in [0.15, 0.2) is 0 Å². The Morgan fingerprint density at radius 3 is 2.00 bits per heavy atom.